The molecule has 2 aromatic rings. The summed E-state index contributed by atoms with van der Waals surface area (Å²) in [6.45, 7) is -0.0798. The minimum absolute atomic E-state index is 0.0798. The molecule has 24 heavy (non-hydrogen) atoms. The van der Waals surface area contributed by atoms with Crippen LogP contribution < -0.4 is 5.32 Å². The van der Waals surface area contributed by atoms with Crippen LogP contribution in [0.3, 0.4) is 0 Å². The second-order valence-electron chi connectivity index (χ2n) is 5.03. The molecule has 0 radical (unpaired) electrons. The monoisotopic (exact) mass is 332 g/mol. The van der Waals surface area contributed by atoms with Crippen LogP contribution in [0, 0.1) is 5.92 Å². The molecule has 3 atom stereocenters. The largest absolute Gasteiger partial charge is 0.481 e. The number of hydrogen-bond acceptors (Lipinski definition) is 7. The lowest BCUT2D eigenvalue weighted by Crippen LogP contribution is -2.26. The van der Waals surface area contributed by atoms with Crippen molar-refractivity contribution < 1.29 is 19.4 Å². The van der Waals surface area contributed by atoms with Crippen LogP contribution in [0.25, 0.3) is 21.6 Å². The summed E-state index contributed by atoms with van der Waals surface area (Å²) in [6, 6.07) is 0. The number of aromatic nitrogens is 4. The van der Waals surface area contributed by atoms with Gasteiger partial charge in [0.25, 0.3) is 0 Å². The van der Waals surface area contributed by atoms with E-state index in [1.807, 2.05) is 0 Å². The van der Waals surface area contributed by atoms with Gasteiger partial charge in [0.15, 0.2) is 17.0 Å². The molecule has 12 nitrogen and oxygen atoms in total. The predicted molar refractivity (Wildman–Crippen MR) is 78.7 cm³/mol. The van der Waals surface area contributed by atoms with Crippen molar-refractivity contribution in [2.24, 2.45) is 11.0 Å². The Morgan fingerprint density at radius 3 is 3.12 bits per heavy atom. The van der Waals surface area contributed by atoms with Gasteiger partial charge in [-0.3, -0.25) is 14.2 Å². The standard InChI is InChI=1S/C12H12N8O4/c13-19-18-2-7-6(12(22)23)1-8(24-7)20-4-16-9-10(17-5-21)14-3-15-11(9)20/h3-8H,1-2H2,(H,22,23)(H,14,15,17,21)/t6-,7-,8-/m0/s1. The van der Waals surface area contributed by atoms with Gasteiger partial charge < -0.3 is 15.2 Å². The van der Waals surface area contributed by atoms with Gasteiger partial charge in [0.2, 0.25) is 6.41 Å². The number of amides is 1. The van der Waals surface area contributed by atoms with E-state index in [4.69, 9.17) is 10.3 Å². The first kappa shape index (κ1) is 15.6. The van der Waals surface area contributed by atoms with Crippen molar-refractivity contribution in [3.8, 4) is 0 Å². The number of ether oxygens (including phenoxy) is 1. The number of imidazole rings is 1. The summed E-state index contributed by atoms with van der Waals surface area (Å²) in [5.74, 6) is -1.60. The lowest BCUT2D eigenvalue weighted by Gasteiger charge is -2.14. The van der Waals surface area contributed by atoms with E-state index in [0.29, 0.717) is 17.6 Å². The number of carbonyl (C=O) groups excluding carboxylic acids is 1. The molecule has 1 saturated heterocycles. The predicted octanol–water partition coefficient (Wildman–Crippen LogP) is 0.693. The third-order valence-corrected chi connectivity index (χ3v) is 3.74. The van der Waals surface area contributed by atoms with Crippen molar-refractivity contribution >= 4 is 29.4 Å². The second-order valence-corrected chi connectivity index (χ2v) is 5.03. The Labute approximate surface area is 134 Å². The molecule has 1 aliphatic rings. The van der Waals surface area contributed by atoms with Crippen molar-refractivity contribution in [2.75, 3.05) is 11.9 Å². The van der Waals surface area contributed by atoms with Crippen LogP contribution in [0.4, 0.5) is 5.82 Å². The highest BCUT2D eigenvalue weighted by Gasteiger charge is 2.40. The Morgan fingerprint density at radius 2 is 2.42 bits per heavy atom. The summed E-state index contributed by atoms with van der Waals surface area (Å²) >= 11 is 0. The smallest absolute Gasteiger partial charge is 0.309 e. The average molecular weight is 332 g/mol. The van der Waals surface area contributed by atoms with E-state index >= 15 is 0 Å². The summed E-state index contributed by atoms with van der Waals surface area (Å²) in [5, 5.41) is 15.1. The Bertz CT molecular complexity index is 830. The maximum atomic E-state index is 11.4. The number of rotatable bonds is 6. The van der Waals surface area contributed by atoms with Gasteiger partial charge in [-0.25, -0.2) is 15.0 Å². The molecule has 3 heterocycles. The highest BCUT2D eigenvalue weighted by atomic mass is 16.5. The number of carbonyl (C=O) groups is 2. The molecule has 3 rings (SSSR count). The van der Waals surface area contributed by atoms with Crippen molar-refractivity contribution in [1.82, 2.24) is 19.5 Å². The SMILES string of the molecule is [N-]=[N+]=NC[C@@H]1O[C@H](n2cnc3c(NC=O)ncnc32)C[C@@H]1C(=O)O. The van der Waals surface area contributed by atoms with Gasteiger partial charge in [-0.2, -0.15) is 0 Å². The summed E-state index contributed by atoms with van der Waals surface area (Å²) in [6.07, 6.45) is 1.97. The summed E-state index contributed by atoms with van der Waals surface area (Å²) in [5.41, 5.74) is 9.17. The van der Waals surface area contributed by atoms with Crippen molar-refractivity contribution in [3.05, 3.63) is 23.1 Å². The van der Waals surface area contributed by atoms with Crippen LogP contribution in [0.15, 0.2) is 17.8 Å². The fraction of sp³-hybridized carbons (Fsp3) is 0.417. The van der Waals surface area contributed by atoms with Crippen molar-refractivity contribution in [3.63, 3.8) is 0 Å². The Morgan fingerprint density at radius 1 is 1.58 bits per heavy atom. The molecule has 0 saturated carbocycles. The van der Waals surface area contributed by atoms with E-state index < -0.39 is 24.2 Å². The molecule has 1 fully saturated rings. The lowest BCUT2D eigenvalue weighted by atomic mass is 10.0. The molecule has 2 N–H and O–H groups in total. The molecular weight excluding hydrogens is 320 g/mol. The van der Waals surface area contributed by atoms with Gasteiger partial charge in [-0.05, 0) is 5.53 Å². The van der Waals surface area contributed by atoms with E-state index in [2.05, 4.69) is 30.3 Å². The Balaban J connectivity index is 1.93. The normalized spacial score (nSPS) is 22.9. The molecule has 0 spiro atoms. The van der Waals surface area contributed by atoms with E-state index in [0.717, 1.165) is 0 Å². The maximum absolute atomic E-state index is 11.4. The molecule has 12 heteroatoms. The number of anilines is 1. The zero-order valence-electron chi connectivity index (χ0n) is 12.2. The van der Waals surface area contributed by atoms with Crippen LogP contribution in [-0.4, -0.2) is 49.7 Å². The fourth-order valence-electron chi connectivity index (χ4n) is 2.67. The van der Waals surface area contributed by atoms with Crippen molar-refractivity contribution in [2.45, 2.75) is 18.8 Å². The number of hydrogen-bond donors (Lipinski definition) is 2. The molecule has 0 bridgehead atoms. The maximum Gasteiger partial charge on any atom is 0.309 e. The lowest BCUT2D eigenvalue weighted by molar-refractivity contribution is -0.143. The topological polar surface area (TPSA) is 168 Å². The summed E-state index contributed by atoms with van der Waals surface area (Å²) in [7, 11) is 0. The van der Waals surface area contributed by atoms with Crippen LogP contribution in [-0.2, 0) is 14.3 Å². The average Bonchev–Trinajstić information content (AvgIpc) is 3.17. The van der Waals surface area contributed by atoms with Gasteiger partial charge in [-0.1, -0.05) is 5.11 Å². The molecular formula is C12H12N8O4. The number of carboxylic acids is 1. The van der Waals surface area contributed by atoms with E-state index in [1.165, 1.54) is 12.7 Å². The second kappa shape index (κ2) is 6.48. The molecule has 2 aromatic heterocycles. The number of nitrogens with one attached hydrogen (secondary N) is 1. The molecule has 1 amide bonds. The molecule has 0 aliphatic carbocycles. The first-order chi connectivity index (χ1) is 11.7. The Hall–Kier alpha value is -3.24. The fourth-order valence-corrected chi connectivity index (χ4v) is 2.67. The number of nitrogens with zero attached hydrogens (tertiary/aromatic N) is 7. The summed E-state index contributed by atoms with van der Waals surface area (Å²) < 4.78 is 7.29. The van der Waals surface area contributed by atoms with E-state index in [-0.39, 0.29) is 18.8 Å². The number of azide groups is 1. The molecule has 0 unspecified atom stereocenters. The van der Waals surface area contributed by atoms with Gasteiger partial charge in [0.05, 0.1) is 24.9 Å². The Kier molecular flexibility index (Phi) is 4.22. The summed E-state index contributed by atoms with van der Waals surface area (Å²) in [4.78, 5) is 36.8. The molecule has 0 aromatic carbocycles. The molecule has 124 valence electrons. The van der Waals surface area contributed by atoms with Crippen LogP contribution in [0.1, 0.15) is 12.6 Å². The van der Waals surface area contributed by atoms with Gasteiger partial charge in [-0.15, -0.1) is 0 Å². The van der Waals surface area contributed by atoms with E-state index in [9.17, 15) is 14.7 Å². The van der Waals surface area contributed by atoms with Crippen LogP contribution in [0.2, 0.25) is 0 Å². The highest BCUT2D eigenvalue weighted by molar-refractivity contribution is 5.88. The highest BCUT2D eigenvalue weighted by Crippen LogP contribution is 2.35. The number of aliphatic carboxylic acids is 1. The third-order valence-electron chi connectivity index (χ3n) is 3.74. The number of carboxylic acid groups (broad SMARTS) is 1. The third kappa shape index (κ3) is 2.71. The first-order valence-electron chi connectivity index (χ1n) is 6.92. The van der Waals surface area contributed by atoms with Crippen LogP contribution >= 0.6 is 0 Å². The number of fused-ring (bicyclic) bond motifs is 1. The van der Waals surface area contributed by atoms with Gasteiger partial charge in [0, 0.05) is 11.3 Å². The van der Waals surface area contributed by atoms with Gasteiger partial charge >= 0.3 is 5.97 Å². The zero-order valence-corrected chi connectivity index (χ0v) is 12.2. The minimum atomic E-state index is -1.03. The molecule has 1 aliphatic heterocycles. The van der Waals surface area contributed by atoms with E-state index in [1.54, 1.807) is 4.57 Å². The van der Waals surface area contributed by atoms with Crippen LogP contribution in [0.5, 0.6) is 0 Å². The van der Waals surface area contributed by atoms with Crippen molar-refractivity contribution in [1.29, 1.82) is 0 Å². The first-order valence-corrected chi connectivity index (χ1v) is 6.92. The minimum Gasteiger partial charge on any atom is -0.481 e. The quantitative estimate of drug-likeness (QED) is 0.339. The zero-order chi connectivity index (χ0) is 17.1. The van der Waals surface area contributed by atoms with Gasteiger partial charge in [0.1, 0.15) is 12.6 Å².